The first-order chi connectivity index (χ1) is 13.8. The van der Waals surface area contributed by atoms with Crippen LogP contribution >= 0.6 is 11.6 Å². The highest BCUT2D eigenvalue weighted by atomic mass is 35.5. The molecule has 0 spiro atoms. The molecule has 29 heavy (non-hydrogen) atoms. The van der Waals surface area contributed by atoms with Crippen molar-refractivity contribution in [2.24, 2.45) is 0 Å². The number of fused-ring (bicyclic) bond motifs is 1. The lowest BCUT2D eigenvalue weighted by molar-refractivity contribution is 0.0526. The third kappa shape index (κ3) is 3.39. The highest BCUT2D eigenvalue weighted by Gasteiger charge is 2.35. The Morgan fingerprint density at radius 2 is 1.93 bits per heavy atom. The maximum atomic E-state index is 12.8. The maximum absolute atomic E-state index is 12.8. The van der Waals surface area contributed by atoms with E-state index in [9.17, 15) is 20.1 Å². The van der Waals surface area contributed by atoms with Gasteiger partial charge in [0.2, 0.25) is 0 Å². The number of aromatic hydroxyl groups is 2. The number of aliphatic hydroxyl groups is 1. The molecule has 0 saturated carbocycles. The smallest absolute Gasteiger partial charge is 0.197 e. The topological polar surface area (TPSA) is 94.1 Å². The van der Waals surface area contributed by atoms with Gasteiger partial charge in [0.25, 0.3) is 0 Å². The maximum Gasteiger partial charge on any atom is 0.197 e. The third-order valence-corrected chi connectivity index (χ3v) is 6.12. The fourth-order valence-corrected chi connectivity index (χ4v) is 4.32. The van der Waals surface area contributed by atoms with Gasteiger partial charge >= 0.3 is 0 Å². The van der Waals surface area contributed by atoms with Crippen molar-refractivity contribution in [2.75, 3.05) is 13.6 Å². The first-order valence-corrected chi connectivity index (χ1v) is 9.81. The average molecular weight is 414 g/mol. The molecule has 1 aliphatic rings. The van der Waals surface area contributed by atoms with Crippen LogP contribution < -0.4 is 5.43 Å². The molecule has 2 heterocycles. The quantitative estimate of drug-likeness (QED) is 0.558. The Labute approximate surface area is 173 Å². The van der Waals surface area contributed by atoms with E-state index in [0.29, 0.717) is 29.1 Å². The second-order valence-electron chi connectivity index (χ2n) is 7.69. The molecular formula is C21H21BClNO5. The van der Waals surface area contributed by atoms with Gasteiger partial charge in [0.1, 0.15) is 36.1 Å². The zero-order valence-electron chi connectivity index (χ0n) is 16.1. The van der Waals surface area contributed by atoms with Crippen molar-refractivity contribution in [3.05, 3.63) is 57.2 Å². The summed E-state index contributed by atoms with van der Waals surface area (Å²) in [6.45, 7) is 0.419. The third-order valence-electron chi connectivity index (χ3n) is 5.79. The first kappa shape index (κ1) is 19.8. The van der Waals surface area contributed by atoms with Crippen LogP contribution in [0, 0.1) is 0 Å². The molecular weight excluding hydrogens is 392 g/mol. The Kier molecular flexibility index (Phi) is 5.06. The van der Waals surface area contributed by atoms with Crippen molar-refractivity contribution in [3.63, 3.8) is 0 Å². The SMILES string of the molecule is BC1CC(c2c(O)cc(O)c3c(=O)cc(-c4ccccc4Cl)oc23)C(O)CN1C. The molecule has 0 aliphatic carbocycles. The molecule has 0 amide bonds. The lowest BCUT2D eigenvalue weighted by Crippen LogP contribution is -2.47. The molecule has 3 aromatic rings. The summed E-state index contributed by atoms with van der Waals surface area (Å²) in [4.78, 5) is 14.9. The van der Waals surface area contributed by atoms with Gasteiger partial charge in [-0.05, 0) is 31.5 Å². The van der Waals surface area contributed by atoms with Crippen LogP contribution in [0.4, 0.5) is 0 Å². The van der Waals surface area contributed by atoms with Crippen molar-refractivity contribution in [3.8, 4) is 22.8 Å². The number of likely N-dealkylation sites (tertiary alicyclic amines) is 1. The molecule has 8 heteroatoms. The van der Waals surface area contributed by atoms with Crippen molar-refractivity contribution < 1.29 is 19.7 Å². The Balaban J connectivity index is 2.00. The predicted octanol–water partition coefficient (Wildman–Crippen LogP) is 2.26. The minimum absolute atomic E-state index is 0.0209. The summed E-state index contributed by atoms with van der Waals surface area (Å²) >= 11 is 6.27. The molecule has 1 aromatic heterocycles. The van der Waals surface area contributed by atoms with E-state index in [-0.39, 0.29) is 34.2 Å². The van der Waals surface area contributed by atoms with Crippen LogP contribution in [-0.4, -0.2) is 53.7 Å². The molecule has 1 aliphatic heterocycles. The summed E-state index contributed by atoms with van der Waals surface area (Å²) in [6.07, 6.45) is -0.199. The molecule has 3 atom stereocenters. The summed E-state index contributed by atoms with van der Waals surface area (Å²) in [5, 5.41) is 32.1. The largest absolute Gasteiger partial charge is 0.507 e. The van der Waals surface area contributed by atoms with Gasteiger partial charge in [0, 0.05) is 35.7 Å². The summed E-state index contributed by atoms with van der Waals surface area (Å²) < 4.78 is 6.04. The van der Waals surface area contributed by atoms with Gasteiger partial charge in [0.15, 0.2) is 5.43 Å². The van der Waals surface area contributed by atoms with E-state index in [2.05, 4.69) is 0 Å². The highest BCUT2D eigenvalue weighted by molar-refractivity contribution is 6.33. The van der Waals surface area contributed by atoms with Gasteiger partial charge in [0.05, 0.1) is 11.1 Å². The predicted molar refractivity (Wildman–Crippen MR) is 115 cm³/mol. The van der Waals surface area contributed by atoms with Crippen LogP contribution in [0.15, 0.2) is 45.6 Å². The second-order valence-corrected chi connectivity index (χ2v) is 8.09. The number of hydrogen-bond acceptors (Lipinski definition) is 6. The Morgan fingerprint density at radius 1 is 1.21 bits per heavy atom. The fourth-order valence-electron chi connectivity index (χ4n) is 4.09. The number of likely N-dealkylation sites (N-methyl/N-ethyl adjacent to an activating group) is 1. The molecule has 150 valence electrons. The molecule has 1 fully saturated rings. The van der Waals surface area contributed by atoms with Crippen molar-refractivity contribution in [1.29, 1.82) is 0 Å². The number of nitrogens with zero attached hydrogens (tertiary/aromatic N) is 1. The summed E-state index contributed by atoms with van der Waals surface area (Å²) in [5.41, 5.74) is 0.483. The van der Waals surface area contributed by atoms with E-state index in [1.54, 1.807) is 24.3 Å². The van der Waals surface area contributed by atoms with Crippen LogP contribution in [0.1, 0.15) is 17.9 Å². The van der Waals surface area contributed by atoms with Crippen LogP contribution in [0.2, 0.25) is 5.02 Å². The lowest BCUT2D eigenvalue weighted by atomic mass is 9.76. The van der Waals surface area contributed by atoms with Gasteiger partial charge in [-0.25, -0.2) is 0 Å². The second kappa shape index (κ2) is 7.41. The molecule has 0 radical (unpaired) electrons. The molecule has 1 saturated heterocycles. The van der Waals surface area contributed by atoms with Gasteiger partial charge in [-0.2, -0.15) is 0 Å². The number of piperidine rings is 1. The van der Waals surface area contributed by atoms with Crippen LogP contribution in [-0.2, 0) is 0 Å². The Bertz CT molecular complexity index is 1150. The minimum Gasteiger partial charge on any atom is -0.507 e. The standard InChI is InChI=1S/C21H21BClNO5/c1-24-9-16(28)11(6-18(24)22)19-13(25)7-14(26)20-15(27)8-17(29-21(19)20)10-4-2-3-5-12(10)23/h2-5,7-8,11,16,18,25-26,28H,6,9,22H2,1H3. The van der Waals surface area contributed by atoms with Gasteiger partial charge in [-0.15, -0.1) is 0 Å². The van der Waals surface area contributed by atoms with Crippen molar-refractivity contribution in [1.82, 2.24) is 4.90 Å². The summed E-state index contributed by atoms with van der Waals surface area (Å²) in [5.74, 6) is -0.639. The zero-order valence-corrected chi connectivity index (χ0v) is 16.8. The number of phenols is 2. The lowest BCUT2D eigenvalue weighted by Gasteiger charge is -2.39. The van der Waals surface area contributed by atoms with Gasteiger partial charge < -0.3 is 24.6 Å². The minimum atomic E-state index is -0.760. The Morgan fingerprint density at radius 3 is 2.66 bits per heavy atom. The van der Waals surface area contributed by atoms with E-state index in [1.807, 2.05) is 19.8 Å². The van der Waals surface area contributed by atoms with Crippen LogP contribution in [0.5, 0.6) is 11.5 Å². The summed E-state index contributed by atoms with van der Waals surface area (Å²) in [6, 6.07) is 9.36. The molecule has 3 N–H and O–H groups in total. The fraction of sp³-hybridized carbons (Fsp3) is 0.286. The van der Waals surface area contributed by atoms with E-state index in [0.717, 1.165) is 6.07 Å². The van der Waals surface area contributed by atoms with Crippen molar-refractivity contribution in [2.45, 2.75) is 24.4 Å². The average Bonchev–Trinajstić information content (AvgIpc) is 2.65. The molecule has 0 bridgehead atoms. The van der Waals surface area contributed by atoms with Gasteiger partial charge in [-0.3, -0.25) is 4.79 Å². The number of halogens is 1. The first-order valence-electron chi connectivity index (χ1n) is 9.43. The summed E-state index contributed by atoms with van der Waals surface area (Å²) in [7, 11) is 3.96. The number of rotatable bonds is 2. The molecule has 3 unspecified atom stereocenters. The number of benzene rings is 2. The number of hydrogen-bond donors (Lipinski definition) is 3. The van der Waals surface area contributed by atoms with E-state index in [4.69, 9.17) is 16.0 Å². The normalized spacial score (nSPS) is 22.8. The van der Waals surface area contributed by atoms with E-state index >= 15 is 0 Å². The van der Waals surface area contributed by atoms with E-state index in [1.165, 1.54) is 6.07 Å². The number of phenolic OH excluding ortho intramolecular Hbond substituents is 2. The number of aliphatic hydroxyl groups excluding tert-OH is 1. The molecule has 2 aromatic carbocycles. The van der Waals surface area contributed by atoms with Crippen LogP contribution in [0.25, 0.3) is 22.3 Å². The monoisotopic (exact) mass is 413 g/mol. The molecule has 6 nitrogen and oxygen atoms in total. The Hall–Kier alpha value is -2.48. The molecule has 4 rings (SSSR count). The number of β-amino-alcohol motifs (C(OH)–C–C–N with tert-alkyl or cyclic N) is 1. The highest BCUT2D eigenvalue weighted by Crippen LogP contribution is 2.43. The van der Waals surface area contributed by atoms with Crippen LogP contribution in [0.3, 0.4) is 0 Å². The zero-order chi connectivity index (χ0) is 20.9. The van der Waals surface area contributed by atoms with Gasteiger partial charge in [-0.1, -0.05) is 23.7 Å². The van der Waals surface area contributed by atoms with E-state index < -0.39 is 17.5 Å². The van der Waals surface area contributed by atoms with Crippen molar-refractivity contribution >= 4 is 30.4 Å².